The third kappa shape index (κ3) is 9.27. The molecule has 1 aliphatic carbocycles. The number of hydrogen-bond acceptors (Lipinski definition) is 11. The van der Waals surface area contributed by atoms with Crippen molar-refractivity contribution in [3.63, 3.8) is 0 Å². The van der Waals surface area contributed by atoms with E-state index in [4.69, 9.17) is 27.9 Å². The van der Waals surface area contributed by atoms with Crippen LogP contribution in [0, 0.1) is 17.8 Å². The van der Waals surface area contributed by atoms with Gasteiger partial charge in [-0.2, -0.15) is 0 Å². The summed E-state index contributed by atoms with van der Waals surface area (Å²) in [6.45, 7) is 0. The number of rotatable bonds is 14. The summed E-state index contributed by atoms with van der Waals surface area (Å²) < 4.78 is 5.26. The number of esters is 2. The van der Waals surface area contributed by atoms with Crippen molar-refractivity contribution < 1.29 is 23.9 Å². The number of amides is 2. The highest BCUT2D eigenvalue weighted by molar-refractivity contribution is 7.14. The molecule has 2 unspecified atom stereocenters. The number of anilines is 2. The van der Waals surface area contributed by atoms with Gasteiger partial charge in [0.2, 0.25) is 11.8 Å². The summed E-state index contributed by atoms with van der Waals surface area (Å²) in [6, 6.07) is 14.6. The zero-order valence-electron chi connectivity index (χ0n) is 27.7. The van der Waals surface area contributed by atoms with Crippen LogP contribution in [-0.2, 0) is 30.3 Å². The van der Waals surface area contributed by atoms with Crippen LogP contribution in [0.4, 0.5) is 10.3 Å². The first kappa shape index (κ1) is 36.8. The molecule has 0 bridgehead atoms. The number of carbonyl (C=O) groups excluding carboxylic acids is 4. The molecule has 3 heterocycles. The van der Waals surface area contributed by atoms with Crippen molar-refractivity contribution in [3.8, 4) is 22.5 Å². The molecular formula is C36H33Cl2N5O5S3. The summed E-state index contributed by atoms with van der Waals surface area (Å²) in [5.41, 5.74) is 5.05. The lowest BCUT2D eigenvalue weighted by atomic mass is 9.96. The lowest BCUT2D eigenvalue weighted by Crippen LogP contribution is -2.36. The largest absolute Gasteiger partial charge is 0.393 e. The number of thiazole rings is 3. The van der Waals surface area contributed by atoms with Gasteiger partial charge in [0, 0.05) is 63.7 Å². The van der Waals surface area contributed by atoms with Crippen molar-refractivity contribution in [2.45, 2.75) is 38.5 Å². The van der Waals surface area contributed by atoms with Gasteiger partial charge in [0.15, 0.2) is 10.3 Å². The molecule has 15 heteroatoms. The molecule has 0 spiro atoms. The van der Waals surface area contributed by atoms with E-state index in [9.17, 15) is 19.2 Å². The molecule has 1 aliphatic rings. The summed E-state index contributed by atoms with van der Waals surface area (Å²) in [4.78, 5) is 70.3. The third-order valence-corrected chi connectivity index (χ3v) is 11.7. The fraction of sp³-hybridized carbons (Fsp3) is 0.306. The zero-order chi connectivity index (χ0) is 36.1. The second-order valence-corrected chi connectivity index (χ2v) is 15.5. The molecule has 51 heavy (non-hydrogen) atoms. The molecule has 0 aliphatic heterocycles. The molecule has 1 saturated carbocycles. The molecule has 5 aromatic rings. The van der Waals surface area contributed by atoms with Crippen LogP contribution in [0.5, 0.6) is 0 Å². The van der Waals surface area contributed by atoms with Gasteiger partial charge in [-0.25, -0.2) is 15.0 Å². The number of ether oxygens (including phenoxy) is 1. The number of hydrogen-bond donors (Lipinski definition) is 0. The second-order valence-electron chi connectivity index (χ2n) is 12.3. The minimum Gasteiger partial charge on any atom is -0.393 e. The predicted molar refractivity (Wildman–Crippen MR) is 202 cm³/mol. The molecule has 10 nitrogen and oxygen atoms in total. The summed E-state index contributed by atoms with van der Waals surface area (Å²) >= 11 is 16.7. The standard InChI is InChI=1S/C36H33Cl2N5O5S3/c1-42(35-40-29(18-50-35)25-7-3-5-9-27(25)37)33(46)22(13-21-11-12-21)15-31(44)48-32(45)16-23(14-24-17-49-20-39-24)34(47)43(2)36-41-30(19-51-36)26-8-4-6-10-28(26)38/h3-10,17-23H,11-16H2,1-2H3. The molecule has 2 atom stereocenters. The first-order valence-corrected chi connectivity index (χ1v) is 19.6. The minimum atomic E-state index is -0.877. The lowest BCUT2D eigenvalue weighted by molar-refractivity contribution is -0.162. The third-order valence-electron chi connectivity index (χ3n) is 8.52. The molecule has 6 rings (SSSR count). The highest BCUT2D eigenvalue weighted by Crippen LogP contribution is 2.38. The van der Waals surface area contributed by atoms with E-state index in [1.807, 2.05) is 47.2 Å². The maximum atomic E-state index is 13.8. The minimum absolute atomic E-state index is 0.163. The van der Waals surface area contributed by atoms with Gasteiger partial charge in [-0.15, -0.1) is 34.0 Å². The van der Waals surface area contributed by atoms with Gasteiger partial charge in [-0.3, -0.25) is 29.0 Å². The Morgan fingerprint density at radius 1 is 0.784 bits per heavy atom. The Morgan fingerprint density at radius 2 is 1.29 bits per heavy atom. The molecule has 2 aromatic carbocycles. The average Bonchev–Trinajstić information content (AvgIpc) is 3.49. The first-order chi connectivity index (χ1) is 24.6. The first-order valence-electron chi connectivity index (χ1n) is 16.1. The molecule has 1 fully saturated rings. The van der Waals surface area contributed by atoms with Crippen LogP contribution < -0.4 is 9.80 Å². The Labute approximate surface area is 317 Å². The molecule has 264 valence electrons. The fourth-order valence-corrected chi connectivity index (χ4v) is 8.26. The molecule has 0 N–H and O–H groups in total. The van der Waals surface area contributed by atoms with Gasteiger partial charge >= 0.3 is 11.9 Å². The molecule has 0 saturated heterocycles. The topological polar surface area (TPSA) is 123 Å². The molecule has 2 amide bonds. The van der Waals surface area contributed by atoms with E-state index in [-0.39, 0.29) is 31.1 Å². The summed E-state index contributed by atoms with van der Waals surface area (Å²) in [5.74, 6) is -3.59. The summed E-state index contributed by atoms with van der Waals surface area (Å²) in [5, 5.41) is 7.42. The maximum absolute atomic E-state index is 13.8. The van der Waals surface area contributed by atoms with Crippen LogP contribution in [0.1, 0.15) is 37.8 Å². The Bertz CT molecular complexity index is 2030. The van der Waals surface area contributed by atoms with E-state index in [1.54, 1.807) is 37.1 Å². The van der Waals surface area contributed by atoms with Crippen molar-refractivity contribution in [1.29, 1.82) is 0 Å². The Hall–Kier alpha value is -4.01. The van der Waals surface area contributed by atoms with Crippen LogP contribution in [-0.4, -0.2) is 52.8 Å². The number of nitrogens with zero attached hydrogens (tertiary/aromatic N) is 5. The van der Waals surface area contributed by atoms with Gasteiger partial charge in [0.1, 0.15) is 0 Å². The predicted octanol–water partition coefficient (Wildman–Crippen LogP) is 8.45. The van der Waals surface area contributed by atoms with Crippen molar-refractivity contribution in [2.24, 2.45) is 17.8 Å². The highest BCUT2D eigenvalue weighted by Gasteiger charge is 2.35. The highest BCUT2D eigenvalue weighted by atomic mass is 35.5. The van der Waals surface area contributed by atoms with Crippen LogP contribution in [0.15, 0.2) is 70.2 Å². The van der Waals surface area contributed by atoms with Crippen LogP contribution in [0.2, 0.25) is 10.0 Å². The normalized spacial score (nSPS) is 13.7. The van der Waals surface area contributed by atoms with Crippen LogP contribution in [0.3, 0.4) is 0 Å². The lowest BCUT2D eigenvalue weighted by Gasteiger charge is -2.22. The van der Waals surface area contributed by atoms with Crippen LogP contribution >= 0.6 is 57.2 Å². The monoisotopic (exact) mass is 781 g/mol. The molecule has 0 radical (unpaired) electrons. The number of halogens is 2. The van der Waals surface area contributed by atoms with Gasteiger partial charge in [-0.1, -0.05) is 72.4 Å². The van der Waals surface area contributed by atoms with Gasteiger partial charge in [0.05, 0.1) is 41.4 Å². The molecular weight excluding hydrogens is 750 g/mol. The van der Waals surface area contributed by atoms with E-state index >= 15 is 0 Å². The van der Waals surface area contributed by atoms with E-state index in [0.29, 0.717) is 49.7 Å². The van der Waals surface area contributed by atoms with E-state index in [1.165, 1.54) is 43.8 Å². The van der Waals surface area contributed by atoms with Gasteiger partial charge in [-0.05, 0) is 24.5 Å². The van der Waals surface area contributed by atoms with E-state index in [0.717, 1.165) is 24.0 Å². The summed E-state index contributed by atoms with van der Waals surface area (Å²) in [6.07, 6.45) is 1.97. The number of carbonyl (C=O) groups is 4. The smallest absolute Gasteiger partial charge is 0.314 e. The van der Waals surface area contributed by atoms with Crippen molar-refractivity contribution in [2.75, 3.05) is 23.9 Å². The fourth-order valence-electron chi connectivity index (χ4n) is 5.64. The number of aromatic nitrogens is 3. The quantitative estimate of drug-likeness (QED) is 0.0813. The van der Waals surface area contributed by atoms with Gasteiger partial charge < -0.3 is 4.74 Å². The average molecular weight is 783 g/mol. The Balaban J connectivity index is 1.11. The van der Waals surface area contributed by atoms with Gasteiger partial charge in [0.25, 0.3) is 0 Å². The van der Waals surface area contributed by atoms with Crippen molar-refractivity contribution in [3.05, 3.63) is 85.9 Å². The number of benzene rings is 2. The summed E-state index contributed by atoms with van der Waals surface area (Å²) in [7, 11) is 3.21. The van der Waals surface area contributed by atoms with Crippen molar-refractivity contribution in [1.82, 2.24) is 15.0 Å². The second kappa shape index (κ2) is 16.6. The maximum Gasteiger partial charge on any atom is 0.314 e. The Kier molecular flexibility index (Phi) is 11.9. The van der Waals surface area contributed by atoms with E-state index in [2.05, 4.69) is 15.0 Å². The molecule has 3 aromatic heterocycles. The SMILES string of the molecule is CN(C(=O)C(CC(=O)OC(=O)CC(CC1CC1)C(=O)N(C)c1nc(-c2ccccc2Cl)cs1)Cc1cscn1)c1nc(-c2ccccc2Cl)cs1. The van der Waals surface area contributed by atoms with Crippen molar-refractivity contribution >= 4 is 91.2 Å². The van der Waals surface area contributed by atoms with E-state index < -0.39 is 23.8 Å². The van der Waals surface area contributed by atoms with Crippen LogP contribution in [0.25, 0.3) is 22.5 Å². The zero-order valence-corrected chi connectivity index (χ0v) is 31.6. The Morgan fingerprint density at radius 3 is 1.78 bits per heavy atom.